The Balaban J connectivity index is 4.38. The van der Waals surface area contributed by atoms with Crippen LogP contribution >= 0.6 is 0 Å². The standard InChI is InChI=1S/C5H10N4O5/c10-3-9(4-11)5(12)8(1-6-13)2-7-14/h10-11H,1-4H2. The predicted octanol–water partition coefficient (Wildman–Crippen LogP) is -0.942. The van der Waals surface area contributed by atoms with E-state index in [1.165, 1.54) is 0 Å². The number of aliphatic hydroxyl groups is 2. The van der Waals surface area contributed by atoms with Crippen LogP contribution in [0.15, 0.2) is 10.4 Å². The molecular weight excluding hydrogens is 196 g/mol. The van der Waals surface area contributed by atoms with Crippen LogP contribution in [0.5, 0.6) is 0 Å². The number of nitrogens with zero attached hydrogens (tertiary/aromatic N) is 4. The van der Waals surface area contributed by atoms with Gasteiger partial charge < -0.3 is 10.2 Å². The lowest BCUT2D eigenvalue weighted by Gasteiger charge is -2.23. The van der Waals surface area contributed by atoms with Crippen molar-refractivity contribution in [2.45, 2.75) is 0 Å². The summed E-state index contributed by atoms with van der Waals surface area (Å²) >= 11 is 0. The van der Waals surface area contributed by atoms with Gasteiger partial charge in [-0.05, 0) is 10.4 Å². The van der Waals surface area contributed by atoms with Gasteiger partial charge in [-0.3, -0.25) is 9.80 Å². The number of rotatable bonds is 6. The SMILES string of the molecule is O=NCN(CN=O)C(=O)N(CO)CO. The summed E-state index contributed by atoms with van der Waals surface area (Å²) in [4.78, 5) is 32.2. The van der Waals surface area contributed by atoms with E-state index in [1.807, 2.05) is 0 Å². The number of nitroso groups, excluding NO2 is 2. The van der Waals surface area contributed by atoms with Crippen LogP contribution in [-0.4, -0.2) is 52.8 Å². The molecule has 2 amide bonds. The van der Waals surface area contributed by atoms with E-state index in [0.29, 0.717) is 9.80 Å². The van der Waals surface area contributed by atoms with Gasteiger partial charge in [0.25, 0.3) is 0 Å². The van der Waals surface area contributed by atoms with Gasteiger partial charge in [0.1, 0.15) is 13.5 Å². The van der Waals surface area contributed by atoms with Crippen molar-refractivity contribution in [2.24, 2.45) is 10.4 Å². The van der Waals surface area contributed by atoms with Crippen LogP contribution in [0.4, 0.5) is 4.79 Å². The molecule has 0 aliphatic carbocycles. The fraction of sp³-hybridized carbons (Fsp3) is 0.800. The van der Waals surface area contributed by atoms with Gasteiger partial charge in [0.05, 0.1) is 0 Å². The predicted molar refractivity (Wildman–Crippen MR) is 44.6 cm³/mol. The lowest BCUT2D eigenvalue weighted by Crippen LogP contribution is -2.44. The molecule has 0 heterocycles. The number of carbonyl (C=O) groups is 1. The van der Waals surface area contributed by atoms with Crippen LogP contribution in [-0.2, 0) is 0 Å². The van der Waals surface area contributed by atoms with E-state index in [-0.39, 0.29) is 0 Å². The Bertz CT molecular complexity index is 196. The largest absolute Gasteiger partial charge is 0.376 e. The Kier molecular flexibility index (Phi) is 6.07. The smallest absolute Gasteiger partial charge is 0.326 e. The van der Waals surface area contributed by atoms with Crippen LogP contribution in [0.3, 0.4) is 0 Å². The van der Waals surface area contributed by atoms with Gasteiger partial charge in [0.2, 0.25) is 0 Å². The fourth-order valence-corrected chi connectivity index (χ4v) is 0.671. The molecule has 0 bridgehead atoms. The quantitative estimate of drug-likeness (QED) is 0.428. The Morgan fingerprint density at radius 2 is 1.43 bits per heavy atom. The minimum absolute atomic E-state index is 0.568. The van der Waals surface area contributed by atoms with Crippen molar-refractivity contribution < 1.29 is 15.0 Å². The Morgan fingerprint density at radius 3 is 1.71 bits per heavy atom. The topological polar surface area (TPSA) is 123 Å². The summed E-state index contributed by atoms with van der Waals surface area (Å²) in [6.45, 7) is -2.60. The number of carbonyl (C=O) groups excluding carboxylic acids is 1. The summed E-state index contributed by atoms with van der Waals surface area (Å²) < 4.78 is 0. The highest BCUT2D eigenvalue weighted by Crippen LogP contribution is 1.98. The number of amides is 2. The van der Waals surface area contributed by atoms with Crippen LogP contribution in [0.1, 0.15) is 0 Å². The second kappa shape index (κ2) is 6.86. The third-order valence-electron chi connectivity index (χ3n) is 1.34. The Hall–Kier alpha value is -1.61. The zero-order valence-corrected chi connectivity index (χ0v) is 7.24. The molecule has 9 heteroatoms. The van der Waals surface area contributed by atoms with Crippen LogP contribution in [0.25, 0.3) is 0 Å². The average molecular weight is 206 g/mol. The Morgan fingerprint density at radius 1 is 1.00 bits per heavy atom. The van der Waals surface area contributed by atoms with E-state index in [9.17, 15) is 14.6 Å². The van der Waals surface area contributed by atoms with Gasteiger partial charge in [-0.25, -0.2) is 4.79 Å². The van der Waals surface area contributed by atoms with Crippen LogP contribution in [0.2, 0.25) is 0 Å². The van der Waals surface area contributed by atoms with Crippen LogP contribution < -0.4 is 0 Å². The van der Waals surface area contributed by atoms with E-state index in [1.54, 1.807) is 0 Å². The molecule has 0 saturated heterocycles. The van der Waals surface area contributed by atoms with E-state index >= 15 is 0 Å². The van der Waals surface area contributed by atoms with Crippen molar-refractivity contribution in [3.8, 4) is 0 Å². The minimum Gasteiger partial charge on any atom is -0.376 e. The molecule has 2 N–H and O–H groups in total. The third-order valence-corrected chi connectivity index (χ3v) is 1.34. The first-order chi connectivity index (χ1) is 6.71. The lowest BCUT2D eigenvalue weighted by molar-refractivity contribution is 0.0410. The van der Waals surface area contributed by atoms with Gasteiger partial charge in [-0.15, -0.1) is 9.81 Å². The van der Waals surface area contributed by atoms with Crippen molar-refractivity contribution in [3.63, 3.8) is 0 Å². The van der Waals surface area contributed by atoms with Gasteiger partial charge in [-0.1, -0.05) is 0 Å². The monoisotopic (exact) mass is 206 g/mol. The molecule has 0 atom stereocenters. The maximum atomic E-state index is 11.2. The zero-order chi connectivity index (χ0) is 11.0. The molecule has 80 valence electrons. The number of urea groups is 1. The van der Waals surface area contributed by atoms with Crippen molar-refractivity contribution in [3.05, 3.63) is 9.81 Å². The molecular formula is C5H10N4O5. The molecule has 0 aliphatic heterocycles. The molecule has 0 unspecified atom stereocenters. The summed E-state index contributed by atoms with van der Waals surface area (Å²) in [7, 11) is 0. The van der Waals surface area contributed by atoms with Crippen molar-refractivity contribution >= 4 is 6.03 Å². The molecule has 0 aliphatic rings. The second-order valence-electron chi connectivity index (χ2n) is 2.19. The maximum Gasteiger partial charge on any atom is 0.326 e. The molecule has 0 aromatic carbocycles. The normalized spacial score (nSPS) is 9.29. The van der Waals surface area contributed by atoms with Crippen molar-refractivity contribution in [1.29, 1.82) is 0 Å². The fourth-order valence-electron chi connectivity index (χ4n) is 0.671. The molecule has 0 fully saturated rings. The molecule has 0 saturated carbocycles. The third kappa shape index (κ3) is 3.41. The highest BCUT2D eigenvalue weighted by molar-refractivity contribution is 5.74. The van der Waals surface area contributed by atoms with Gasteiger partial charge in [0, 0.05) is 0 Å². The van der Waals surface area contributed by atoms with E-state index in [0.717, 1.165) is 0 Å². The molecule has 0 spiro atoms. The number of aliphatic hydroxyl groups excluding tert-OH is 2. The summed E-state index contributed by atoms with van der Waals surface area (Å²) in [6, 6.07) is -0.894. The van der Waals surface area contributed by atoms with E-state index in [2.05, 4.69) is 10.4 Å². The summed E-state index contributed by atoms with van der Waals surface area (Å²) in [5.41, 5.74) is 0. The summed E-state index contributed by atoms with van der Waals surface area (Å²) in [6.07, 6.45) is 0. The molecule has 0 rings (SSSR count). The molecule has 0 aromatic heterocycles. The second-order valence-corrected chi connectivity index (χ2v) is 2.19. The highest BCUT2D eigenvalue weighted by Gasteiger charge is 2.19. The van der Waals surface area contributed by atoms with Crippen molar-refractivity contribution in [1.82, 2.24) is 9.80 Å². The van der Waals surface area contributed by atoms with E-state index in [4.69, 9.17) is 10.2 Å². The number of hydrogen-bond donors (Lipinski definition) is 2. The maximum absolute atomic E-state index is 11.2. The van der Waals surface area contributed by atoms with Crippen LogP contribution in [0, 0.1) is 9.81 Å². The first-order valence-electron chi connectivity index (χ1n) is 3.55. The average Bonchev–Trinajstić information content (AvgIpc) is 2.19. The first kappa shape index (κ1) is 12.4. The summed E-state index contributed by atoms with van der Waals surface area (Å²) in [5, 5.41) is 22.0. The van der Waals surface area contributed by atoms with E-state index < -0.39 is 32.8 Å². The molecule has 14 heavy (non-hydrogen) atoms. The first-order valence-corrected chi connectivity index (χ1v) is 3.55. The number of hydrogen-bond acceptors (Lipinski definition) is 7. The van der Waals surface area contributed by atoms with Gasteiger partial charge >= 0.3 is 6.03 Å². The zero-order valence-electron chi connectivity index (χ0n) is 7.24. The van der Waals surface area contributed by atoms with Crippen molar-refractivity contribution in [2.75, 3.05) is 26.8 Å². The molecule has 9 nitrogen and oxygen atoms in total. The highest BCUT2D eigenvalue weighted by atomic mass is 16.3. The minimum atomic E-state index is -0.894. The van der Waals surface area contributed by atoms with Gasteiger partial charge in [0.15, 0.2) is 13.3 Å². The molecule has 0 aromatic rings. The Labute approximate surface area is 78.9 Å². The lowest BCUT2D eigenvalue weighted by atomic mass is 10.6. The summed E-state index contributed by atoms with van der Waals surface area (Å²) in [5.74, 6) is 0. The molecule has 0 radical (unpaired) electrons. The van der Waals surface area contributed by atoms with Gasteiger partial charge in [-0.2, -0.15) is 0 Å².